The van der Waals surface area contributed by atoms with Gasteiger partial charge in [-0.25, -0.2) is 9.97 Å². The highest BCUT2D eigenvalue weighted by Gasteiger charge is 2.13. The SMILES string of the molecule is COCNC(=O)c1cn(-c2cccc(-c3cnc(OC)nc3OC)c2)cn1. The van der Waals surface area contributed by atoms with Gasteiger partial charge in [0.25, 0.3) is 5.91 Å². The number of benzene rings is 1. The fourth-order valence-electron chi connectivity index (χ4n) is 2.45. The minimum Gasteiger partial charge on any atom is -0.480 e. The van der Waals surface area contributed by atoms with E-state index in [0.717, 1.165) is 16.8 Å². The molecule has 2 heterocycles. The van der Waals surface area contributed by atoms with Gasteiger partial charge in [0.05, 0.1) is 19.8 Å². The number of imidazole rings is 1. The van der Waals surface area contributed by atoms with E-state index in [1.165, 1.54) is 21.3 Å². The Morgan fingerprint density at radius 1 is 1.19 bits per heavy atom. The van der Waals surface area contributed by atoms with Gasteiger partial charge in [-0.1, -0.05) is 12.1 Å². The summed E-state index contributed by atoms with van der Waals surface area (Å²) >= 11 is 0. The van der Waals surface area contributed by atoms with Gasteiger partial charge < -0.3 is 24.1 Å². The lowest BCUT2D eigenvalue weighted by Gasteiger charge is -2.10. The van der Waals surface area contributed by atoms with Crippen molar-refractivity contribution in [3.05, 3.63) is 48.7 Å². The molecule has 3 aromatic rings. The molecule has 0 aliphatic carbocycles. The predicted octanol–water partition coefficient (Wildman–Crippen LogP) is 1.68. The number of carbonyl (C=O) groups excluding carboxylic acids is 1. The van der Waals surface area contributed by atoms with Crippen LogP contribution in [-0.2, 0) is 4.74 Å². The monoisotopic (exact) mass is 369 g/mol. The number of aromatic nitrogens is 4. The Balaban J connectivity index is 1.91. The third-order valence-corrected chi connectivity index (χ3v) is 3.76. The molecule has 3 rings (SSSR count). The molecule has 0 saturated carbocycles. The fourth-order valence-corrected chi connectivity index (χ4v) is 2.45. The quantitative estimate of drug-likeness (QED) is 0.632. The molecule has 0 fully saturated rings. The first-order valence-electron chi connectivity index (χ1n) is 8.03. The van der Waals surface area contributed by atoms with E-state index in [9.17, 15) is 4.79 Å². The lowest BCUT2D eigenvalue weighted by atomic mass is 10.1. The van der Waals surface area contributed by atoms with E-state index in [1.807, 2.05) is 24.3 Å². The molecule has 1 aromatic carbocycles. The summed E-state index contributed by atoms with van der Waals surface area (Å²) in [6.45, 7) is 0.123. The summed E-state index contributed by atoms with van der Waals surface area (Å²) < 4.78 is 17.0. The number of carbonyl (C=O) groups is 1. The molecular weight excluding hydrogens is 350 g/mol. The molecular formula is C18H19N5O4. The van der Waals surface area contributed by atoms with E-state index in [-0.39, 0.29) is 18.6 Å². The van der Waals surface area contributed by atoms with E-state index in [1.54, 1.807) is 23.3 Å². The molecule has 0 saturated heterocycles. The molecule has 1 amide bonds. The van der Waals surface area contributed by atoms with Crippen molar-refractivity contribution in [3.63, 3.8) is 0 Å². The minimum atomic E-state index is -0.308. The van der Waals surface area contributed by atoms with Gasteiger partial charge in [0.2, 0.25) is 5.88 Å². The minimum absolute atomic E-state index is 0.123. The Morgan fingerprint density at radius 2 is 2.04 bits per heavy atom. The molecule has 2 aromatic heterocycles. The molecule has 0 bridgehead atoms. The molecule has 0 atom stereocenters. The average Bonchev–Trinajstić information content (AvgIpc) is 3.22. The summed E-state index contributed by atoms with van der Waals surface area (Å²) in [6.07, 6.45) is 4.86. The van der Waals surface area contributed by atoms with Crippen LogP contribution in [-0.4, -0.2) is 53.5 Å². The van der Waals surface area contributed by atoms with E-state index >= 15 is 0 Å². The van der Waals surface area contributed by atoms with Crippen LogP contribution in [0.2, 0.25) is 0 Å². The first-order valence-corrected chi connectivity index (χ1v) is 8.03. The summed E-state index contributed by atoms with van der Waals surface area (Å²) in [5.74, 6) is 0.0984. The molecule has 0 aliphatic rings. The van der Waals surface area contributed by atoms with Crippen molar-refractivity contribution >= 4 is 5.91 Å². The van der Waals surface area contributed by atoms with E-state index in [0.29, 0.717) is 11.6 Å². The standard InChI is InChI=1S/C18H19N5O4/c1-25-11-21-16(24)15-9-23(10-20-15)13-6-4-5-12(7-13)14-8-19-18(27-3)22-17(14)26-2/h4-10H,11H2,1-3H3,(H,21,24). The van der Waals surface area contributed by atoms with Crippen LogP contribution in [0.25, 0.3) is 16.8 Å². The summed E-state index contributed by atoms with van der Waals surface area (Å²) in [4.78, 5) is 24.5. The van der Waals surface area contributed by atoms with Crippen molar-refractivity contribution in [1.29, 1.82) is 0 Å². The zero-order chi connectivity index (χ0) is 19.2. The smallest absolute Gasteiger partial charge is 0.319 e. The third-order valence-electron chi connectivity index (χ3n) is 3.76. The number of hydrogen-bond acceptors (Lipinski definition) is 7. The second-order valence-electron chi connectivity index (χ2n) is 5.44. The van der Waals surface area contributed by atoms with E-state index < -0.39 is 0 Å². The van der Waals surface area contributed by atoms with Crippen molar-refractivity contribution in [1.82, 2.24) is 24.8 Å². The van der Waals surface area contributed by atoms with Gasteiger partial charge in [-0.15, -0.1) is 0 Å². The number of amides is 1. The zero-order valence-electron chi connectivity index (χ0n) is 15.2. The van der Waals surface area contributed by atoms with Gasteiger partial charge in [0.15, 0.2) is 0 Å². The Hall–Kier alpha value is -3.46. The van der Waals surface area contributed by atoms with Crippen molar-refractivity contribution in [2.45, 2.75) is 0 Å². The van der Waals surface area contributed by atoms with Crippen molar-refractivity contribution in [3.8, 4) is 28.7 Å². The number of nitrogens with zero attached hydrogens (tertiary/aromatic N) is 4. The first-order chi connectivity index (χ1) is 13.2. The molecule has 1 N–H and O–H groups in total. The largest absolute Gasteiger partial charge is 0.480 e. The Kier molecular flexibility index (Phi) is 5.62. The molecule has 0 radical (unpaired) electrons. The molecule has 0 aliphatic heterocycles. The number of methoxy groups -OCH3 is 3. The topological polar surface area (TPSA) is 100 Å². The van der Waals surface area contributed by atoms with Gasteiger partial charge in [0.1, 0.15) is 18.8 Å². The van der Waals surface area contributed by atoms with Gasteiger partial charge in [-0.05, 0) is 17.7 Å². The van der Waals surface area contributed by atoms with E-state index in [4.69, 9.17) is 14.2 Å². The number of hydrogen-bond donors (Lipinski definition) is 1. The summed E-state index contributed by atoms with van der Waals surface area (Å²) in [5.41, 5.74) is 2.69. The lowest BCUT2D eigenvalue weighted by Crippen LogP contribution is -2.25. The Labute approximate surface area is 156 Å². The predicted molar refractivity (Wildman–Crippen MR) is 97.0 cm³/mol. The van der Waals surface area contributed by atoms with Crippen molar-refractivity contribution in [2.75, 3.05) is 28.1 Å². The molecule has 0 unspecified atom stereocenters. The zero-order valence-corrected chi connectivity index (χ0v) is 15.2. The lowest BCUT2D eigenvalue weighted by molar-refractivity contribution is 0.0867. The highest BCUT2D eigenvalue weighted by Crippen LogP contribution is 2.30. The summed E-state index contributed by atoms with van der Waals surface area (Å²) in [7, 11) is 4.53. The van der Waals surface area contributed by atoms with Crippen LogP contribution in [0.15, 0.2) is 43.0 Å². The van der Waals surface area contributed by atoms with Crippen LogP contribution in [0, 0.1) is 0 Å². The average molecular weight is 369 g/mol. The van der Waals surface area contributed by atoms with Crippen LogP contribution in [0.4, 0.5) is 0 Å². The Morgan fingerprint density at radius 3 is 2.78 bits per heavy atom. The maximum Gasteiger partial charge on any atom is 0.319 e. The van der Waals surface area contributed by atoms with Crippen LogP contribution < -0.4 is 14.8 Å². The van der Waals surface area contributed by atoms with Crippen molar-refractivity contribution in [2.24, 2.45) is 0 Å². The summed E-state index contributed by atoms with van der Waals surface area (Å²) in [5, 5.41) is 2.59. The van der Waals surface area contributed by atoms with Crippen molar-refractivity contribution < 1.29 is 19.0 Å². The maximum atomic E-state index is 12.0. The highest BCUT2D eigenvalue weighted by molar-refractivity contribution is 5.92. The molecule has 27 heavy (non-hydrogen) atoms. The molecule has 140 valence electrons. The van der Waals surface area contributed by atoms with E-state index in [2.05, 4.69) is 20.3 Å². The second kappa shape index (κ2) is 8.28. The molecule has 0 spiro atoms. The summed E-state index contributed by atoms with van der Waals surface area (Å²) in [6, 6.07) is 7.86. The number of nitrogens with one attached hydrogen (secondary N) is 1. The first kappa shape index (κ1) is 18.3. The van der Waals surface area contributed by atoms with Gasteiger partial charge in [-0.3, -0.25) is 4.79 Å². The molecule has 9 nitrogen and oxygen atoms in total. The second-order valence-corrected chi connectivity index (χ2v) is 5.44. The van der Waals surface area contributed by atoms with Crippen LogP contribution >= 0.6 is 0 Å². The molecule has 9 heteroatoms. The third kappa shape index (κ3) is 4.04. The Bertz CT molecular complexity index is 941. The van der Waals surface area contributed by atoms with Gasteiger partial charge in [-0.2, -0.15) is 4.98 Å². The van der Waals surface area contributed by atoms with Gasteiger partial charge in [0, 0.05) is 25.2 Å². The van der Waals surface area contributed by atoms with Crippen LogP contribution in [0.1, 0.15) is 10.5 Å². The fraction of sp³-hybridized carbons (Fsp3) is 0.222. The van der Waals surface area contributed by atoms with Gasteiger partial charge >= 0.3 is 6.01 Å². The normalized spacial score (nSPS) is 10.5. The van der Waals surface area contributed by atoms with Crippen LogP contribution in [0.3, 0.4) is 0 Å². The van der Waals surface area contributed by atoms with Crippen LogP contribution in [0.5, 0.6) is 11.9 Å². The number of ether oxygens (including phenoxy) is 3. The highest BCUT2D eigenvalue weighted by atomic mass is 16.5. The number of rotatable bonds is 7. The maximum absolute atomic E-state index is 12.0.